The monoisotopic (exact) mass is 309 g/mol. The van der Waals surface area contributed by atoms with Crippen LogP contribution in [0.4, 0.5) is 5.69 Å². The molecule has 1 unspecified atom stereocenters. The Labute approximate surface area is 135 Å². The first-order valence-corrected chi connectivity index (χ1v) is 8.19. The molecule has 1 aromatic carbocycles. The van der Waals surface area contributed by atoms with Crippen LogP contribution >= 0.6 is 0 Å². The van der Waals surface area contributed by atoms with Gasteiger partial charge in [0.15, 0.2) is 5.69 Å². The van der Waals surface area contributed by atoms with Gasteiger partial charge in [0.2, 0.25) is 0 Å². The highest BCUT2D eigenvalue weighted by Gasteiger charge is 2.27. The van der Waals surface area contributed by atoms with Gasteiger partial charge in [-0.05, 0) is 49.9 Å². The SMILES string of the molecule is N#Cc1nnn(-c2ccc(N3CCCC3)cc2)c1C1CCCO1. The highest BCUT2D eigenvalue weighted by molar-refractivity contribution is 5.52. The molecule has 2 fully saturated rings. The standard InChI is InChI=1S/C17H19N5O/c18-12-15-17(16-4-3-11-23-16)22(20-19-15)14-7-5-13(6-8-14)21-9-1-2-10-21/h5-8,16H,1-4,9-11H2. The third-order valence-corrected chi connectivity index (χ3v) is 4.61. The molecule has 2 aromatic rings. The van der Waals surface area contributed by atoms with Gasteiger partial charge >= 0.3 is 0 Å². The molecule has 0 amide bonds. The van der Waals surface area contributed by atoms with E-state index in [-0.39, 0.29) is 6.10 Å². The van der Waals surface area contributed by atoms with Crippen molar-refractivity contribution >= 4 is 5.69 Å². The zero-order chi connectivity index (χ0) is 15.6. The Morgan fingerprint density at radius 2 is 1.83 bits per heavy atom. The zero-order valence-corrected chi connectivity index (χ0v) is 13.0. The van der Waals surface area contributed by atoms with Gasteiger partial charge in [-0.1, -0.05) is 5.21 Å². The molecule has 6 heteroatoms. The molecule has 23 heavy (non-hydrogen) atoms. The van der Waals surface area contributed by atoms with Gasteiger partial charge in [-0.2, -0.15) is 5.26 Å². The van der Waals surface area contributed by atoms with E-state index in [1.54, 1.807) is 4.68 Å². The second-order valence-electron chi connectivity index (χ2n) is 6.06. The Hall–Kier alpha value is -2.39. The van der Waals surface area contributed by atoms with E-state index < -0.39 is 0 Å². The molecule has 0 radical (unpaired) electrons. The second-order valence-corrected chi connectivity index (χ2v) is 6.06. The molecule has 3 heterocycles. The van der Waals surface area contributed by atoms with Crippen molar-refractivity contribution in [3.8, 4) is 11.8 Å². The first kappa shape index (κ1) is 14.2. The first-order valence-electron chi connectivity index (χ1n) is 8.19. The minimum atomic E-state index is -0.0853. The van der Waals surface area contributed by atoms with Crippen LogP contribution in [0.15, 0.2) is 24.3 Å². The van der Waals surface area contributed by atoms with Gasteiger partial charge < -0.3 is 9.64 Å². The molecule has 1 aromatic heterocycles. The van der Waals surface area contributed by atoms with Crippen molar-refractivity contribution in [1.82, 2.24) is 15.0 Å². The van der Waals surface area contributed by atoms with Gasteiger partial charge in [0.25, 0.3) is 0 Å². The van der Waals surface area contributed by atoms with E-state index in [0.717, 1.165) is 43.9 Å². The van der Waals surface area contributed by atoms with Crippen LogP contribution in [0.1, 0.15) is 43.2 Å². The Morgan fingerprint density at radius 3 is 2.48 bits per heavy atom. The number of nitrogens with zero attached hydrogens (tertiary/aromatic N) is 5. The van der Waals surface area contributed by atoms with E-state index in [4.69, 9.17) is 4.74 Å². The molecule has 0 bridgehead atoms. The van der Waals surface area contributed by atoms with E-state index in [0.29, 0.717) is 5.69 Å². The summed E-state index contributed by atoms with van der Waals surface area (Å²) in [5.74, 6) is 0. The predicted octanol–water partition coefficient (Wildman–Crippen LogP) is 2.59. The lowest BCUT2D eigenvalue weighted by molar-refractivity contribution is 0.106. The number of nitriles is 1. The van der Waals surface area contributed by atoms with Crippen molar-refractivity contribution in [2.75, 3.05) is 24.6 Å². The number of benzene rings is 1. The number of hydrogen-bond donors (Lipinski definition) is 0. The predicted molar refractivity (Wildman–Crippen MR) is 85.4 cm³/mol. The zero-order valence-electron chi connectivity index (χ0n) is 13.0. The quantitative estimate of drug-likeness (QED) is 0.872. The molecule has 2 aliphatic heterocycles. The van der Waals surface area contributed by atoms with Gasteiger partial charge in [-0.3, -0.25) is 0 Å². The van der Waals surface area contributed by atoms with Crippen molar-refractivity contribution < 1.29 is 4.74 Å². The minimum Gasteiger partial charge on any atom is -0.372 e. The van der Waals surface area contributed by atoms with Crippen LogP contribution in [-0.2, 0) is 4.74 Å². The third-order valence-electron chi connectivity index (χ3n) is 4.61. The normalized spacial score (nSPS) is 20.8. The molecule has 2 aliphatic rings. The van der Waals surface area contributed by atoms with Crippen molar-refractivity contribution in [2.24, 2.45) is 0 Å². The van der Waals surface area contributed by atoms with Crippen LogP contribution in [0.5, 0.6) is 0 Å². The second kappa shape index (κ2) is 6.01. The van der Waals surface area contributed by atoms with E-state index in [2.05, 4.69) is 33.4 Å². The van der Waals surface area contributed by atoms with Gasteiger partial charge in [-0.15, -0.1) is 5.10 Å². The summed E-state index contributed by atoms with van der Waals surface area (Å²) < 4.78 is 7.50. The van der Waals surface area contributed by atoms with Crippen molar-refractivity contribution in [3.63, 3.8) is 0 Å². The van der Waals surface area contributed by atoms with Crippen LogP contribution < -0.4 is 4.90 Å². The van der Waals surface area contributed by atoms with Crippen LogP contribution in [0.3, 0.4) is 0 Å². The molecule has 1 atom stereocenters. The number of aromatic nitrogens is 3. The Bertz CT molecular complexity index is 718. The lowest BCUT2D eigenvalue weighted by Crippen LogP contribution is -2.17. The Morgan fingerprint density at radius 1 is 1.09 bits per heavy atom. The summed E-state index contributed by atoms with van der Waals surface area (Å²) >= 11 is 0. The Balaban J connectivity index is 1.67. The molecule has 0 spiro atoms. The lowest BCUT2D eigenvalue weighted by Gasteiger charge is -2.18. The largest absolute Gasteiger partial charge is 0.372 e. The molecule has 0 aliphatic carbocycles. The van der Waals surface area contributed by atoms with E-state index in [1.165, 1.54) is 18.5 Å². The summed E-state index contributed by atoms with van der Waals surface area (Å²) in [5, 5.41) is 17.5. The molecular weight excluding hydrogens is 290 g/mol. The van der Waals surface area contributed by atoms with E-state index in [9.17, 15) is 5.26 Å². The fraction of sp³-hybridized carbons (Fsp3) is 0.471. The summed E-state index contributed by atoms with van der Waals surface area (Å²) in [6, 6.07) is 10.5. The number of hydrogen-bond acceptors (Lipinski definition) is 5. The lowest BCUT2D eigenvalue weighted by atomic mass is 10.1. The molecule has 0 saturated carbocycles. The number of ether oxygens (including phenoxy) is 1. The van der Waals surface area contributed by atoms with Crippen molar-refractivity contribution in [1.29, 1.82) is 5.26 Å². The number of rotatable bonds is 3. The fourth-order valence-corrected chi connectivity index (χ4v) is 3.42. The molecule has 4 rings (SSSR count). The molecular formula is C17H19N5O. The van der Waals surface area contributed by atoms with Crippen LogP contribution in [0.2, 0.25) is 0 Å². The first-order chi connectivity index (χ1) is 11.4. The fourth-order valence-electron chi connectivity index (χ4n) is 3.42. The topological polar surface area (TPSA) is 67.0 Å². The summed E-state index contributed by atoms with van der Waals surface area (Å²) in [6.07, 6.45) is 4.36. The highest BCUT2D eigenvalue weighted by atomic mass is 16.5. The van der Waals surface area contributed by atoms with Crippen LogP contribution in [-0.4, -0.2) is 34.7 Å². The van der Waals surface area contributed by atoms with Gasteiger partial charge in [-0.25, -0.2) is 4.68 Å². The summed E-state index contributed by atoms with van der Waals surface area (Å²) in [5.41, 5.74) is 3.30. The van der Waals surface area contributed by atoms with E-state index >= 15 is 0 Å². The van der Waals surface area contributed by atoms with Gasteiger partial charge in [0, 0.05) is 25.4 Å². The van der Waals surface area contributed by atoms with E-state index in [1.807, 2.05) is 12.1 Å². The van der Waals surface area contributed by atoms with Gasteiger partial charge in [0.1, 0.15) is 17.9 Å². The maximum atomic E-state index is 9.30. The third kappa shape index (κ3) is 2.57. The molecule has 118 valence electrons. The summed E-state index contributed by atoms with van der Waals surface area (Å²) in [6.45, 7) is 2.99. The molecule has 0 N–H and O–H groups in total. The molecule has 2 saturated heterocycles. The summed E-state index contributed by atoms with van der Waals surface area (Å²) in [7, 11) is 0. The highest BCUT2D eigenvalue weighted by Crippen LogP contribution is 2.31. The van der Waals surface area contributed by atoms with Crippen LogP contribution in [0, 0.1) is 11.3 Å². The maximum Gasteiger partial charge on any atom is 0.189 e. The molecule has 6 nitrogen and oxygen atoms in total. The Kier molecular flexibility index (Phi) is 3.72. The average molecular weight is 309 g/mol. The number of anilines is 1. The maximum absolute atomic E-state index is 9.30. The van der Waals surface area contributed by atoms with Crippen molar-refractivity contribution in [3.05, 3.63) is 35.7 Å². The minimum absolute atomic E-state index is 0.0853. The average Bonchev–Trinajstić information content (AvgIpc) is 3.34. The smallest absolute Gasteiger partial charge is 0.189 e. The van der Waals surface area contributed by atoms with Crippen molar-refractivity contribution in [2.45, 2.75) is 31.8 Å². The summed E-state index contributed by atoms with van der Waals surface area (Å²) in [4.78, 5) is 2.40. The van der Waals surface area contributed by atoms with Crippen LogP contribution in [0.25, 0.3) is 5.69 Å². The van der Waals surface area contributed by atoms with Gasteiger partial charge in [0.05, 0.1) is 5.69 Å².